The van der Waals surface area contributed by atoms with Crippen LogP contribution in [0.3, 0.4) is 0 Å². The summed E-state index contributed by atoms with van der Waals surface area (Å²) in [6.45, 7) is 2.57. The molecule has 2 aliphatic rings. The third kappa shape index (κ3) is 2.34. The highest BCUT2D eigenvalue weighted by Crippen LogP contribution is 2.28. The van der Waals surface area contributed by atoms with Crippen molar-refractivity contribution >= 4 is 17.4 Å². The molecule has 2 saturated heterocycles. The Hall–Kier alpha value is -1.72. The molecular weight excluding hydrogens is 258 g/mol. The Labute approximate surface area is 117 Å². The number of para-hydroxylation sites is 1. The van der Waals surface area contributed by atoms with Crippen LogP contribution in [0.25, 0.3) is 0 Å². The van der Waals surface area contributed by atoms with Crippen molar-refractivity contribution in [1.82, 2.24) is 0 Å². The van der Waals surface area contributed by atoms with E-state index in [4.69, 9.17) is 9.47 Å². The molecule has 0 aromatic heterocycles. The Balaban J connectivity index is 1.71. The molecule has 2 heterocycles. The van der Waals surface area contributed by atoms with E-state index in [-0.39, 0.29) is 24.6 Å². The average Bonchev–Trinajstić information content (AvgIpc) is 3.05. The van der Waals surface area contributed by atoms with Gasteiger partial charge in [0.1, 0.15) is 12.0 Å². The summed E-state index contributed by atoms with van der Waals surface area (Å²) < 4.78 is 10.6. The SMILES string of the molecule is CC1OCC(C(=O)C2CCN(c3ccccc3)C2=O)O1. The lowest BCUT2D eigenvalue weighted by Crippen LogP contribution is -2.36. The molecule has 3 atom stereocenters. The van der Waals surface area contributed by atoms with Crippen molar-refractivity contribution in [2.24, 2.45) is 5.92 Å². The molecule has 5 heteroatoms. The van der Waals surface area contributed by atoms with Gasteiger partial charge in [0.15, 0.2) is 12.1 Å². The first kappa shape index (κ1) is 13.3. The predicted octanol–water partition coefficient (Wildman–Crippen LogP) is 1.37. The van der Waals surface area contributed by atoms with Crippen LogP contribution in [0.4, 0.5) is 5.69 Å². The van der Waals surface area contributed by atoms with Gasteiger partial charge in [-0.3, -0.25) is 9.59 Å². The second-order valence-corrected chi connectivity index (χ2v) is 5.09. The number of amides is 1. The second-order valence-electron chi connectivity index (χ2n) is 5.09. The minimum atomic E-state index is -0.603. The molecule has 0 aliphatic carbocycles. The molecule has 0 saturated carbocycles. The molecule has 2 fully saturated rings. The maximum Gasteiger partial charge on any atom is 0.237 e. The van der Waals surface area contributed by atoms with E-state index in [1.807, 2.05) is 30.3 Å². The number of carbonyl (C=O) groups is 2. The zero-order valence-corrected chi connectivity index (χ0v) is 11.3. The highest BCUT2D eigenvalue weighted by molar-refractivity contribution is 6.11. The standard InChI is InChI=1S/C15H17NO4/c1-10-19-9-13(20-10)14(17)12-7-8-16(15(12)18)11-5-3-2-4-6-11/h2-6,10,12-13H,7-9H2,1H3. The third-order valence-electron chi connectivity index (χ3n) is 3.77. The average molecular weight is 275 g/mol. The van der Waals surface area contributed by atoms with E-state index in [0.29, 0.717) is 13.0 Å². The minimum Gasteiger partial charge on any atom is -0.350 e. The molecular formula is C15H17NO4. The summed E-state index contributed by atoms with van der Waals surface area (Å²) in [5, 5.41) is 0. The molecule has 1 aromatic rings. The molecule has 0 spiro atoms. The van der Waals surface area contributed by atoms with Gasteiger partial charge in [-0.1, -0.05) is 18.2 Å². The molecule has 5 nitrogen and oxygen atoms in total. The van der Waals surface area contributed by atoms with E-state index in [1.165, 1.54) is 0 Å². The Morgan fingerprint density at radius 3 is 2.70 bits per heavy atom. The summed E-state index contributed by atoms with van der Waals surface area (Å²) in [5.41, 5.74) is 0.838. The van der Waals surface area contributed by atoms with Crippen LogP contribution < -0.4 is 4.90 Å². The van der Waals surface area contributed by atoms with Gasteiger partial charge < -0.3 is 14.4 Å². The van der Waals surface area contributed by atoms with Gasteiger partial charge in [0.25, 0.3) is 0 Å². The van der Waals surface area contributed by atoms with Crippen molar-refractivity contribution in [3.63, 3.8) is 0 Å². The van der Waals surface area contributed by atoms with Crippen molar-refractivity contribution < 1.29 is 19.1 Å². The predicted molar refractivity (Wildman–Crippen MR) is 72.2 cm³/mol. The molecule has 0 N–H and O–H groups in total. The number of anilines is 1. The van der Waals surface area contributed by atoms with E-state index in [0.717, 1.165) is 5.69 Å². The van der Waals surface area contributed by atoms with E-state index < -0.39 is 12.0 Å². The number of nitrogens with zero attached hydrogens (tertiary/aromatic N) is 1. The lowest BCUT2D eigenvalue weighted by atomic mass is 9.98. The molecule has 20 heavy (non-hydrogen) atoms. The zero-order valence-electron chi connectivity index (χ0n) is 11.3. The normalized spacial score (nSPS) is 29.9. The van der Waals surface area contributed by atoms with Gasteiger partial charge in [-0.05, 0) is 25.5 Å². The molecule has 3 rings (SSSR count). The number of ether oxygens (including phenoxy) is 2. The van der Waals surface area contributed by atoms with E-state index in [1.54, 1.807) is 11.8 Å². The Bertz CT molecular complexity index is 516. The van der Waals surface area contributed by atoms with Crippen LogP contribution >= 0.6 is 0 Å². The van der Waals surface area contributed by atoms with Crippen molar-refractivity contribution in [3.05, 3.63) is 30.3 Å². The van der Waals surface area contributed by atoms with Gasteiger partial charge in [0.2, 0.25) is 5.91 Å². The fourth-order valence-corrected chi connectivity index (χ4v) is 2.71. The number of carbonyl (C=O) groups excluding carboxylic acids is 2. The number of rotatable bonds is 3. The van der Waals surface area contributed by atoms with Crippen molar-refractivity contribution in [2.75, 3.05) is 18.1 Å². The number of hydrogen-bond acceptors (Lipinski definition) is 4. The van der Waals surface area contributed by atoms with Crippen LogP contribution in [-0.4, -0.2) is 37.2 Å². The Morgan fingerprint density at radius 2 is 2.05 bits per heavy atom. The molecule has 1 aromatic carbocycles. The molecule has 0 bridgehead atoms. The third-order valence-corrected chi connectivity index (χ3v) is 3.77. The van der Waals surface area contributed by atoms with Gasteiger partial charge >= 0.3 is 0 Å². The van der Waals surface area contributed by atoms with E-state index in [2.05, 4.69) is 0 Å². The van der Waals surface area contributed by atoms with Gasteiger partial charge in [-0.2, -0.15) is 0 Å². The van der Waals surface area contributed by atoms with E-state index >= 15 is 0 Å². The minimum absolute atomic E-state index is 0.135. The first-order chi connectivity index (χ1) is 9.66. The highest BCUT2D eigenvalue weighted by Gasteiger charge is 2.42. The molecule has 2 aliphatic heterocycles. The summed E-state index contributed by atoms with van der Waals surface area (Å²) in [6.07, 6.45) is -0.429. The van der Waals surface area contributed by atoms with Crippen LogP contribution in [0.5, 0.6) is 0 Å². The Kier molecular flexibility index (Phi) is 3.54. The summed E-state index contributed by atoms with van der Waals surface area (Å²) in [5.74, 6) is -0.892. The summed E-state index contributed by atoms with van der Waals surface area (Å²) >= 11 is 0. The van der Waals surface area contributed by atoms with Gasteiger partial charge in [0.05, 0.1) is 6.61 Å². The maximum atomic E-state index is 12.4. The number of ketones is 1. The molecule has 3 unspecified atom stereocenters. The summed E-state index contributed by atoms with van der Waals surface area (Å²) in [7, 11) is 0. The van der Waals surface area contributed by atoms with E-state index in [9.17, 15) is 9.59 Å². The summed E-state index contributed by atoms with van der Waals surface area (Å²) in [6, 6.07) is 9.42. The van der Waals surface area contributed by atoms with Crippen LogP contribution in [0.2, 0.25) is 0 Å². The number of Topliss-reactive ketones (excluding diaryl/α,β-unsaturated/α-hetero) is 1. The van der Waals surface area contributed by atoms with Gasteiger partial charge in [0, 0.05) is 12.2 Å². The topological polar surface area (TPSA) is 55.8 Å². The van der Waals surface area contributed by atoms with Crippen LogP contribution in [0.1, 0.15) is 13.3 Å². The molecule has 0 radical (unpaired) electrons. The number of benzene rings is 1. The molecule has 106 valence electrons. The molecule has 1 amide bonds. The fourth-order valence-electron chi connectivity index (χ4n) is 2.71. The lowest BCUT2D eigenvalue weighted by molar-refractivity contribution is -0.138. The van der Waals surface area contributed by atoms with Gasteiger partial charge in [-0.15, -0.1) is 0 Å². The first-order valence-corrected chi connectivity index (χ1v) is 6.84. The van der Waals surface area contributed by atoms with Crippen LogP contribution in [0, 0.1) is 5.92 Å². The number of hydrogen-bond donors (Lipinski definition) is 0. The van der Waals surface area contributed by atoms with Crippen molar-refractivity contribution in [1.29, 1.82) is 0 Å². The highest BCUT2D eigenvalue weighted by atomic mass is 16.7. The first-order valence-electron chi connectivity index (χ1n) is 6.84. The zero-order chi connectivity index (χ0) is 14.1. The lowest BCUT2D eigenvalue weighted by Gasteiger charge is -2.17. The van der Waals surface area contributed by atoms with Crippen LogP contribution in [-0.2, 0) is 19.1 Å². The second kappa shape index (κ2) is 5.34. The maximum absolute atomic E-state index is 12.4. The van der Waals surface area contributed by atoms with Crippen LogP contribution in [0.15, 0.2) is 30.3 Å². The monoisotopic (exact) mass is 275 g/mol. The Morgan fingerprint density at radius 1 is 1.30 bits per heavy atom. The largest absolute Gasteiger partial charge is 0.350 e. The summed E-state index contributed by atoms with van der Waals surface area (Å²) in [4.78, 5) is 26.4. The van der Waals surface area contributed by atoms with Gasteiger partial charge in [-0.25, -0.2) is 0 Å². The smallest absolute Gasteiger partial charge is 0.237 e. The van der Waals surface area contributed by atoms with Crippen molar-refractivity contribution in [2.45, 2.75) is 25.7 Å². The quantitative estimate of drug-likeness (QED) is 0.782. The fraction of sp³-hybridized carbons (Fsp3) is 0.467. The van der Waals surface area contributed by atoms with Crippen molar-refractivity contribution in [3.8, 4) is 0 Å².